The van der Waals surface area contributed by atoms with Crippen LogP contribution in [0.25, 0.3) is 0 Å². The lowest BCUT2D eigenvalue weighted by molar-refractivity contribution is 0.400. The van der Waals surface area contributed by atoms with E-state index in [9.17, 15) is 8.42 Å². The third-order valence-corrected chi connectivity index (χ3v) is 3.63. The van der Waals surface area contributed by atoms with Crippen molar-refractivity contribution in [2.24, 2.45) is 0 Å². The normalized spacial score (nSPS) is 13.8. The highest BCUT2D eigenvalue weighted by Gasteiger charge is 2.15. The molecule has 0 aliphatic rings. The summed E-state index contributed by atoms with van der Waals surface area (Å²) in [7, 11) is -2.90. The van der Waals surface area contributed by atoms with Crippen LogP contribution in [0.3, 0.4) is 0 Å². The third kappa shape index (κ3) is 5.57. The molecular formula is C11H18ClNO3S. The van der Waals surface area contributed by atoms with Crippen molar-refractivity contribution in [3.63, 3.8) is 0 Å². The van der Waals surface area contributed by atoms with Gasteiger partial charge in [-0.25, -0.2) is 8.42 Å². The second kappa shape index (κ2) is 6.42. The lowest BCUT2D eigenvalue weighted by Gasteiger charge is -2.14. The summed E-state index contributed by atoms with van der Waals surface area (Å²) in [5, 5.41) is 3.60. The first-order valence-electron chi connectivity index (χ1n) is 5.58. The van der Waals surface area contributed by atoms with Crippen molar-refractivity contribution < 1.29 is 12.8 Å². The van der Waals surface area contributed by atoms with Gasteiger partial charge in [-0.2, -0.15) is 0 Å². The third-order valence-electron chi connectivity index (χ3n) is 2.40. The number of halogens is 1. The van der Waals surface area contributed by atoms with E-state index in [1.54, 1.807) is 6.07 Å². The van der Waals surface area contributed by atoms with Crippen LogP contribution in [-0.4, -0.2) is 27.0 Å². The van der Waals surface area contributed by atoms with E-state index in [4.69, 9.17) is 16.0 Å². The molecule has 0 aliphatic heterocycles. The quantitative estimate of drug-likeness (QED) is 0.833. The molecule has 0 radical (unpaired) electrons. The van der Waals surface area contributed by atoms with Crippen LogP contribution in [0.15, 0.2) is 16.5 Å². The number of hydrogen-bond donors (Lipinski definition) is 1. The predicted octanol–water partition coefficient (Wildman–Crippen LogP) is 2.41. The summed E-state index contributed by atoms with van der Waals surface area (Å²) in [6.07, 6.45) is 2.57. The Morgan fingerprint density at radius 2 is 2.18 bits per heavy atom. The Morgan fingerprint density at radius 3 is 2.65 bits per heavy atom. The Balaban J connectivity index is 2.55. The number of furan rings is 1. The molecule has 0 saturated heterocycles. The lowest BCUT2D eigenvalue weighted by Crippen LogP contribution is -2.21. The number of sulfone groups is 1. The molecular weight excluding hydrogens is 262 g/mol. The topological polar surface area (TPSA) is 59.3 Å². The van der Waals surface area contributed by atoms with Gasteiger partial charge in [0, 0.05) is 12.0 Å². The van der Waals surface area contributed by atoms with Crippen LogP contribution in [0.1, 0.15) is 31.6 Å². The predicted molar refractivity (Wildman–Crippen MR) is 69.1 cm³/mol. The zero-order valence-electron chi connectivity index (χ0n) is 10.1. The van der Waals surface area contributed by atoms with Crippen molar-refractivity contribution in [2.45, 2.75) is 25.8 Å². The van der Waals surface area contributed by atoms with Crippen molar-refractivity contribution in [1.82, 2.24) is 5.32 Å². The van der Waals surface area contributed by atoms with E-state index in [1.165, 1.54) is 6.26 Å². The fourth-order valence-corrected chi connectivity index (χ4v) is 2.50. The van der Waals surface area contributed by atoms with Crippen molar-refractivity contribution in [1.29, 1.82) is 0 Å². The van der Waals surface area contributed by atoms with Gasteiger partial charge in [-0.3, -0.25) is 0 Å². The number of rotatable bonds is 7. The molecule has 1 N–H and O–H groups in total. The average molecular weight is 280 g/mol. The molecule has 1 aromatic heterocycles. The van der Waals surface area contributed by atoms with Crippen LogP contribution in [0.5, 0.6) is 0 Å². The highest BCUT2D eigenvalue weighted by atomic mass is 35.5. The molecule has 1 rings (SSSR count). The molecule has 0 amide bonds. The van der Waals surface area contributed by atoms with Crippen molar-refractivity contribution >= 4 is 21.4 Å². The zero-order valence-corrected chi connectivity index (χ0v) is 11.6. The van der Waals surface area contributed by atoms with Crippen molar-refractivity contribution in [3.05, 3.63) is 23.1 Å². The standard InChI is InChI=1S/C11H18ClNO3S/c1-3-13-9(5-4-8-17(2,14)15)10-6-7-11(12)16-10/h6-7,9,13H,3-5,8H2,1-2H3. The summed E-state index contributed by atoms with van der Waals surface area (Å²) < 4.78 is 27.4. The van der Waals surface area contributed by atoms with E-state index in [1.807, 2.05) is 13.0 Å². The van der Waals surface area contributed by atoms with Crippen LogP contribution in [0.2, 0.25) is 5.22 Å². The molecule has 0 spiro atoms. The fourth-order valence-electron chi connectivity index (χ4n) is 1.66. The van der Waals surface area contributed by atoms with E-state index in [2.05, 4.69) is 5.32 Å². The first kappa shape index (κ1) is 14.5. The van der Waals surface area contributed by atoms with E-state index in [0.29, 0.717) is 18.1 Å². The molecule has 1 aromatic rings. The summed E-state index contributed by atoms with van der Waals surface area (Å²) in [6, 6.07) is 3.53. The Labute approximate surface area is 107 Å². The van der Waals surface area contributed by atoms with E-state index in [0.717, 1.165) is 12.3 Å². The molecule has 4 nitrogen and oxygen atoms in total. The highest BCUT2D eigenvalue weighted by molar-refractivity contribution is 7.90. The molecule has 1 heterocycles. The van der Waals surface area contributed by atoms with Crippen LogP contribution in [-0.2, 0) is 9.84 Å². The minimum Gasteiger partial charge on any atom is -0.448 e. The second-order valence-corrected chi connectivity index (χ2v) is 6.66. The summed E-state index contributed by atoms with van der Waals surface area (Å²) in [5.74, 6) is 0.953. The van der Waals surface area contributed by atoms with Crippen LogP contribution >= 0.6 is 11.6 Å². The van der Waals surface area contributed by atoms with Gasteiger partial charge in [0.15, 0.2) is 5.22 Å². The van der Waals surface area contributed by atoms with Gasteiger partial charge in [-0.1, -0.05) is 6.92 Å². The zero-order chi connectivity index (χ0) is 12.9. The van der Waals surface area contributed by atoms with Crippen LogP contribution in [0.4, 0.5) is 0 Å². The summed E-state index contributed by atoms with van der Waals surface area (Å²) >= 11 is 5.72. The molecule has 1 atom stereocenters. The van der Waals surface area contributed by atoms with Gasteiger partial charge < -0.3 is 9.73 Å². The Kier molecular flexibility index (Phi) is 5.49. The van der Waals surface area contributed by atoms with E-state index >= 15 is 0 Å². The summed E-state index contributed by atoms with van der Waals surface area (Å²) in [5.41, 5.74) is 0. The van der Waals surface area contributed by atoms with Gasteiger partial charge in [0.05, 0.1) is 6.04 Å². The molecule has 1 unspecified atom stereocenters. The Bertz CT molecular complexity index is 441. The number of hydrogen-bond acceptors (Lipinski definition) is 4. The molecule has 6 heteroatoms. The maximum absolute atomic E-state index is 11.0. The largest absolute Gasteiger partial charge is 0.448 e. The van der Waals surface area contributed by atoms with E-state index in [-0.39, 0.29) is 11.8 Å². The highest BCUT2D eigenvalue weighted by Crippen LogP contribution is 2.23. The number of nitrogens with one attached hydrogen (secondary N) is 1. The van der Waals surface area contributed by atoms with Crippen molar-refractivity contribution in [3.8, 4) is 0 Å². The first-order chi connectivity index (χ1) is 7.92. The van der Waals surface area contributed by atoms with Crippen LogP contribution < -0.4 is 5.32 Å². The molecule has 0 aromatic carbocycles. The SMILES string of the molecule is CCNC(CCCS(C)(=O)=O)c1ccc(Cl)o1. The summed E-state index contributed by atoms with van der Waals surface area (Å²) in [4.78, 5) is 0. The van der Waals surface area contributed by atoms with E-state index < -0.39 is 9.84 Å². The molecule has 0 aliphatic carbocycles. The van der Waals surface area contributed by atoms with Gasteiger partial charge in [-0.05, 0) is 43.1 Å². The Hall–Kier alpha value is -0.520. The van der Waals surface area contributed by atoms with Crippen LogP contribution in [0, 0.1) is 0 Å². The molecule has 0 saturated carbocycles. The Morgan fingerprint density at radius 1 is 1.47 bits per heavy atom. The maximum atomic E-state index is 11.0. The minimum atomic E-state index is -2.90. The minimum absolute atomic E-state index is 0.0225. The van der Waals surface area contributed by atoms with Gasteiger partial charge in [0.25, 0.3) is 0 Å². The molecule has 0 fully saturated rings. The first-order valence-corrected chi connectivity index (χ1v) is 8.02. The molecule has 98 valence electrons. The monoisotopic (exact) mass is 279 g/mol. The van der Waals surface area contributed by atoms with Gasteiger partial charge in [0.1, 0.15) is 15.6 Å². The van der Waals surface area contributed by atoms with Gasteiger partial charge in [0.2, 0.25) is 0 Å². The average Bonchev–Trinajstić information content (AvgIpc) is 2.62. The van der Waals surface area contributed by atoms with Gasteiger partial charge >= 0.3 is 0 Å². The fraction of sp³-hybridized carbons (Fsp3) is 0.636. The molecule has 0 bridgehead atoms. The maximum Gasteiger partial charge on any atom is 0.193 e. The smallest absolute Gasteiger partial charge is 0.193 e. The molecule has 17 heavy (non-hydrogen) atoms. The summed E-state index contributed by atoms with van der Waals surface area (Å²) in [6.45, 7) is 2.79. The van der Waals surface area contributed by atoms with Gasteiger partial charge in [-0.15, -0.1) is 0 Å². The van der Waals surface area contributed by atoms with Crippen molar-refractivity contribution in [2.75, 3.05) is 18.6 Å². The second-order valence-electron chi connectivity index (χ2n) is 4.02. The lowest BCUT2D eigenvalue weighted by atomic mass is 10.1.